The monoisotopic (exact) mass is 244 g/mol. The summed E-state index contributed by atoms with van der Waals surface area (Å²) in [5.74, 6) is 0.779. The fourth-order valence-electron chi connectivity index (χ4n) is 1.69. The Morgan fingerprint density at radius 1 is 1.29 bits per heavy atom. The van der Waals surface area contributed by atoms with Gasteiger partial charge in [0, 0.05) is 11.5 Å². The highest BCUT2D eigenvalue weighted by atomic mass is 16.6. The van der Waals surface area contributed by atoms with Gasteiger partial charge in [-0.05, 0) is 46.6 Å². The van der Waals surface area contributed by atoms with Gasteiger partial charge in [-0.15, -0.1) is 0 Å². The molecule has 0 aliphatic rings. The van der Waals surface area contributed by atoms with Gasteiger partial charge in [0.15, 0.2) is 0 Å². The minimum absolute atomic E-state index is 0.148. The Labute approximate surface area is 105 Å². The normalized spacial score (nSPS) is 15.5. The predicted octanol–water partition coefficient (Wildman–Crippen LogP) is 2.52. The number of hydrogen-bond acceptors (Lipinski definition) is 3. The van der Waals surface area contributed by atoms with Crippen LogP contribution in [0.15, 0.2) is 0 Å². The average molecular weight is 244 g/mol. The van der Waals surface area contributed by atoms with Gasteiger partial charge in [-0.25, -0.2) is 4.79 Å². The van der Waals surface area contributed by atoms with Crippen LogP contribution in [0.25, 0.3) is 0 Å². The van der Waals surface area contributed by atoms with Gasteiger partial charge in [0.2, 0.25) is 0 Å². The first-order valence-corrected chi connectivity index (χ1v) is 6.34. The molecule has 0 bridgehead atoms. The van der Waals surface area contributed by atoms with E-state index in [2.05, 4.69) is 19.2 Å². The molecule has 0 rings (SSSR count). The molecule has 0 fully saturated rings. The van der Waals surface area contributed by atoms with Gasteiger partial charge >= 0.3 is 6.09 Å². The molecule has 17 heavy (non-hydrogen) atoms. The zero-order valence-corrected chi connectivity index (χ0v) is 12.0. The second-order valence-electron chi connectivity index (χ2n) is 6.11. The van der Waals surface area contributed by atoms with Crippen molar-refractivity contribution in [2.45, 2.75) is 59.6 Å². The smallest absolute Gasteiger partial charge is 0.407 e. The van der Waals surface area contributed by atoms with Crippen molar-refractivity contribution in [2.24, 2.45) is 17.6 Å². The largest absolute Gasteiger partial charge is 0.446 e. The molecule has 0 saturated heterocycles. The summed E-state index contributed by atoms with van der Waals surface area (Å²) >= 11 is 0. The summed E-state index contributed by atoms with van der Waals surface area (Å²) < 4.78 is 5.35. The van der Waals surface area contributed by atoms with Crippen LogP contribution in [0.5, 0.6) is 0 Å². The minimum atomic E-state index is -0.368. The fourth-order valence-corrected chi connectivity index (χ4v) is 1.69. The van der Waals surface area contributed by atoms with Crippen LogP contribution in [-0.2, 0) is 4.74 Å². The molecule has 0 radical (unpaired) electrons. The van der Waals surface area contributed by atoms with E-state index in [0.29, 0.717) is 12.5 Å². The molecule has 0 saturated carbocycles. The number of alkyl carbamates (subject to hydrolysis) is 1. The molecular weight excluding hydrogens is 216 g/mol. The van der Waals surface area contributed by atoms with E-state index in [1.165, 1.54) is 0 Å². The van der Waals surface area contributed by atoms with Gasteiger partial charge in [0.25, 0.3) is 0 Å². The molecule has 0 unspecified atom stereocenters. The molecule has 0 heterocycles. The van der Waals surface area contributed by atoms with Crippen LogP contribution in [-0.4, -0.2) is 24.3 Å². The maximum absolute atomic E-state index is 11.6. The molecule has 4 nitrogen and oxygen atoms in total. The molecule has 3 N–H and O–H groups in total. The van der Waals surface area contributed by atoms with E-state index in [1.54, 1.807) is 0 Å². The number of rotatable bonds is 5. The Balaban J connectivity index is 4.21. The van der Waals surface area contributed by atoms with E-state index in [9.17, 15) is 4.79 Å². The van der Waals surface area contributed by atoms with Crippen molar-refractivity contribution >= 4 is 6.09 Å². The highest BCUT2D eigenvalue weighted by molar-refractivity contribution is 5.68. The number of nitrogens with one attached hydrogen (secondary N) is 1. The van der Waals surface area contributed by atoms with Gasteiger partial charge < -0.3 is 15.8 Å². The maximum Gasteiger partial charge on any atom is 0.407 e. The molecule has 0 aliphatic carbocycles. The lowest BCUT2D eigenvalue weighted by Crippen LogP contribution is -2.43. The van der Waals surface area contributed by atoms with Crippen LogP contribution in [0.2, 0.25) is 0 Å². The summed E-state index contributed by atoms with van der Waals surface area (Å²) in [4.78, 5) is 11.6. The first-order valence-electron chi connectivity index (χ1n) is 6.34. The van der Waals surface area contributed by atoms with Crippen LogP contribution in [0.3, 0.4) is 0 Å². The molecule has 0 aromatic carbocycles. The topological polar surface area (TPSA) is 64.3 Å². The first-order chi connectivity index (χ1) is 7.65. The summed E-state index contributed by atoms with van der Waals surface area (Å²) in [5.41, 5.74) is 5.44. The third kappa shape index (κ3) is 8.02. The molecule has 0 aromatic rings. The number of nitrogens with two attached hydrogens (primary N) is 1. The van der Waals surface area contributed by atoms with Crippen molar-refractivity contribution in [2.75, 3.05) is 6.54 Å². The number of carbonyl (C=O) groups is 1. The van der Waals surface area contributed by atoms with Crippen LogP contribution in [0.4, 0.5) is 4.79 Å². The Morgan fingerprint density at radius 3 is 2.18 bits per heavy atom. The summed E-state index contributed by atoms with van der Waals surface area (Å²) in [7, 11) is 0. The molecule has 1 amide bonds. The maximum atomic E-state index is 11.6. The van der Waals surface area contributed by atoms with Crippen molar-refractivity contribution in [1.29, 1.82) is 0 Å². The third-order valence-electron chi connectivity index (χ3n) is 2.51. The van der Waals surface area contributed by atoms with E-state index >= 15 is 0 Å². The predicted molar refractivity (Wildman–Crippen MR) is 70.8 cm³/mol. The number of carbonyl (C=O) groups excluding carboxylic acids is 1. The van der Waals surface area contributed by atoms with Gasteiger partial charge in [-0.1, -0.05) is 13.8 Å². The molecule has 2 atom stereocenters. The van der Waals surface area contributed by atoms with E-state index in [-0.39, 0.29) is 23.7 Å². The SMILES string of the molecule is CC(C)C[C@@H](CN)[C@@H](C)OC(=O)NC(C)(C)C. The Bertz CT molecular complexity index is 234. The Kier molecular flexibility index (Phi) is 6.53. The highest BCUT2D eigenvalue weighted by Gasteiger charge is 2.22. The molecule has 0 spiro atoms. The van der Waals surface area contributed by atoms with Gasteiger partial charge in [0.1, 0.15) is 6.10 Å². The summed E-state index contributed by atoms with van der Waals surface area (Å²) in [6.07, 6.45) is 0.456. The zero-order valence-electron chi connectivity index (χ0n) is 12.0. The molecule has 4 heteroatoms. The van der Waals surface area contributed by atoms with E-state index in [4.69, 9.17) is 10.5 Å². The summed E-state index contributed by atoms with van der Waals surface area (Å²) in [6, 6.07) is 0. The molecular formula is C13H28N2O2. The lowest BCUT2D eigenvalue weighted by molar-refractivity contribution is 0.0633. The van der Waals surface area contributed by atoms with Crippen molar-refractivity contribution in [3.05, 3.63) is 0 Å². The first kappa shape index (κ1) is 16.2. The van der Waals surface area contributed by atoms with Crippen molar-refractivity contribution in [3.63, 3.8) is 0 Å². The van der Waals surface area contributed by atoms with Crippen molar-refractivity contribution < 1.29 is 9.53 Å². The van der Waals surface area contributed by atoms with Crippen LogP contribution in [0.1, 0.15) is 48.0 Å². The van der Waals surface area contributed by atoms with Crippen molar-refractivity contribution in [3.8, 4) is 0 Å². The lowest BCUT2D eigenvalue weighted by atomic mass is 9.93. The minimum Gasteiger partial charge on any atom is -0.446 e. The third-order valence-corrected chi connectivity index (χ3v) is 2.51. The average Bonchev–Trinajstić information content (AvgIpc) is 2.10. The second kappa shape index (κ2) is 6.84. The second-order valence-corrected chi connectivity index (χ2v) is 6.11. The van der Waals surface area contributed by atoms with Gasteiger partial charge in [0.05, 0.1) is 0 Å². The summed E-state index contributed by atoms with van der Waals surface area (Å²) in [6.45, 7) is 12.5. The Hall–Kier alpha value is -0.770. The Morgan fingerprint density at radius 2 is 1.82 bits per heavy atom. The lowest BCUT2D eigenvalue weighted by Gasteiger charge is -2.26. The molecule has 102 valence electrons. The van der Waals surface area contributed by atoms with Gasteiger partial charge in [-0.3, -0.25) is 0 Å². The van der Waals surface area contributed by atoms with E-state index < -0.39 is 0 Å². The van der Waals surface area contributed by atoms with Crippen LogP contribution in [0, 0.1) is 11.8 Å². The number of ether oxygens (including phenoxy) is 1. The summed E-state index contributed by atoms with van der Waals surface area (Å²) in [5, 5.41) is 2.78. The highest BCUT2D eigenvalue weighted by Crippen LogP contribution is 2.17. The van der Waals surface area contributed by atoms with Crippen molar-refractivity contribution in [1.82, 2.24) is 5.32 Å². The fraction of sp³-hybridized carbons (Fsp3) is 0.923. The quantitative estimate of drug-likeness (QED) is 0.781. The standard InChI is InChI=1S/C13H28N2O2/c1-9(2)7-11(8-14)10(3)17-12(16)15-13(4,5)6/h9-11H,7-8,14H2,1-6H3,(H,15,16)/t10-,11+/m1/s1. The van der Waals surface area contributed by atoms with Crippen LogP contribution < -0.4 is 11.1 Å². The molecule has 0 aliphatic heterocycles. The molecule has 0 aromatic heterocycles. The zero-order chi connectivity index (χ0) is 13.6. The van der Waals surface area contributed by atoms with E-state index in [1.807, 2.05) is 27.7 Å². The number of amides is 1. The van der Waals surface area contributed by atoms with Gasteiger partial charge in [-0.2, -0.15) is 0 Å². The van der Waals surface area contributed by atoms with E-state index in [0.717, 1.165) is 6.42 Å². The number of hydrogen-bond donors (Lipinski definition) is 2. The van der Waals surface area contributed by atoms with Crippen LogP contribution >= 0.6 is 0 Å².